The molecular weight excluding hydrogens is 268 g/mol. The molecule has 0 aromatic heterocycles. The molecule has 0 N–H and O–H groups in total. The number of nitrogens with zero attached hydrogens (tertiary/aromatic N) is 2. The van der Waals surface area contributed by atoms with Crippen molar-refractivity contribution in [1.29, 1.82) is 0 Å². The maximum atomic E-state index is 2.69. The van der Waals surface area contributed by atoms with E-state index in [0.29, 0.717) is 0 Å². The van der Waals surface area contributed by atoms with Crippen LogP contribution in [0.5, 0.6) is 0 Å². The van der Waals surface area contributed by atoms with Crippen LogP contribution >= 0.6 is 0 Å². The molecule has 22 heavy (non-hydrogen) atoms. The lowest BCUT2D eigenvalue weighted by Gasteiger charge is -2.33. The minimum atomic E-state index is 0.972. The highest BCUT2D eigenvalue weighted by atomic mass is 15.1. The molecule has 2 fully saturated rings. The molecule has 0 aromatic rings. The van der Waals surface area contributed by atoms with Crippen molar-refractivity contribution in [2.24, 2.45) is 11.8 Å². The van der Waals surface area contributed by atoms with E-state index in [2.05, 4.69) is 23.8 Å². The zero-order chi connectivity index (χ0) is 17.4. The molecule has 2 rings (SSSR count). The first-order valence-electron chi connectivity index (χ1n) is 10.1. The average Bonchev–Trinajstić information content (AvgIpc) is 2.61. The summed E-state index contributed by atoms with van der Waals surface area (Å²) in [6, 6.07) is 0. The maximum Gasteiger partial charge on any atom is -0.00161 e. The van der Waals surface area contributed by atoms with Crippen LogP contribution in [-0.2, 0) is 0 Å². The summed E-state index contributed by atoms with van der Waals surface area (Å²) in [5.74, 6) is 1.98. The molecule has 0 atom stereocenters. The Kier molecular flexibility index (Phi) is 19.0. The van der Waals surface area contributed by atoms with Crippen molar-refractivity contribution >= 4 is 0 Å². The lowest BCUT2D eigenvalue weighted by Crippen LogP contribution is -2.36. The summed E-state index contributed by atoms with van der Waals surface area (Å²) in [6.07, 6.45) is 7.16. The molecular formula is C20H46N2. The predicted molar refractivity (Wildman–Crippen MR) is 104 cm³/mol. The number of likely N-dealkylation sites (tertiary alicyclic amines) is 2. The van der Waals surface area contributed by atoms with Crippen LogP contribution in [-0.4, -0.2) is 49.6 Å². The summed E-state index contributed by atoms with van der Waals surface area (Å²) in [6.45, 7) is 21.1. The fraction of sp³-hybridized carbons (Fsp3) is 1.00. The van der Waals surface area contributed by atoms with Crippen LogP contribution in [0.25, 0.3) is 0 Å². The third-order valence-electron chi connectivity index (χ3n) is 4.57. The predicted octanol–water partition coefficient (Wildman–Crippen LogP) is 5.53. The van der Waals surface area contributed by atoms with Gasteiger partial charge in [0.2, 0.25) is 0 Å². The fourth-order valence-corrected chi connectivity index (χ4v) is 3.00. The van der Waals surface area contributed by atoms with Crippen molar-refractivity contribution in [2.75, 3.05) is 39.8 Å². The Hall–Kier alpha value is -0.0800. The van der Waals surface area contributed by atoms with E-state index in [4.69, 9.17) is 0 Å². The van der Waals surface area contributed by atoms with E-state index in [1.807, 2.05) is 41.5 Å². The normalized spacial score (nSPS) is 20.7. The summed E-state index contributed by atoms with van der Waals surface area (Å²) < 4.78 is 0. The van der Waals surface area contributed by atoms with Crippen molar-refractivity contribution in [3.63, 3.8) is 0 Å². The van der Waals surface area contributed by atoms with Gasteiger partial charge in [-0.05, 0) is 83.7 Å². The highest BCUT2D eigenvalue weighted by molar-refractivity contribution is 4.74. The molecule has 0 unspecified atom stereocenters. The van der Waals surface area contributed by atoms with E-state index in [0.717, 1.165) is 11.8 Å². The molecule has 2 heterocycles. The minimum Gasteiger partial charge on any atom is -0.306 e. The first-order chi connectivity index (χ1) is 10.7. The van der Waals surface area contributed by atoms with Gasteiger partial charge >= 0.3 is 0 Å². The van der Waals surface area contributed by atoms with Gasteiger partial charge in [0.05, 0.1) is 0 Å². The first kappa shape index (κ1) is 24.2. The highest BCUT2D eigenvalue weighted by Gasteiger charge is 2.19. The van der Waals surface area contributed by atoms with Crippen LogP contribution in [0.4, 0.5) is 0 Å². The third kappa shape index (κ3) is 11.5. The number of rotatable bonds is 3. The molecule has 0 spiro atoms. The zero-order valence-electron chi connectivity index (χ0n) is 17.1. The Balaban J connectivity index is 0. The Bertz CT molecular complexity index is 168. The second-order valence-electron chi connectivity index (χ2n) is 6.06. The van der Waals surface area contributed by atoms with Gasteiger partial charge in [-0.1, -0.05) is 48.5 Å². The second-order valence-corrected chi connectivity index (χ2v) is 6.06. The van der Waals surface area contributed by atoms with Crippen molar-refractivity contribution in [1.82, 2.24) is 9.80 Å². The van der Waals surface area contributed by atoms with Crippen LogP contribution in [0.1, 0.15) is 80.6 Å². The molecule has 2 aliphatic rings. The molecule has 0 saturated carbocycles. The fourth-order valence-electron chi connectivity index (χ4n) is 3.00. The maximum absolute atomic E-state index is 2.69. The minimum absolute atomic E-state index is 0.972. The van der Waals surface area contributed by atoms with Crippen molar-refractivity contribution < 1.29 is 0 Å². The Labute approximate surface area is 142 Å². The van der Waals surface area contributed by atoms with Crippen molar-refractivity contribution in [2.45, 2.75) is 80.6 Å². The zero-order valence-corrected chi connectivity index (χ0v) is 17.1. The van der Waals surface area contributed by atoms with Crippen LogP contribution < -0.4 is 0 Å². The van der Waals surface area contributed by atoms with Crippen molar-refractivity contribution in [3.8, 4) is 0 Å². The molecule has 0 aromatic carbocycles. The molecule has 2 nitrogen and oxygen atoms in total. The highest BCUT2D eigenvalue weighted by Crippen LogP contribution is 2.22. The molecule has 2 heteroatoms. The smallest absolute Gasteiger partial charge is 0.00161 e. The van der Waals surface area contributed by atoms with Gasteiger partial charge in [0.1, 0.15) is 0 Å². The second kappa shape index (κ2) is 17.3. The summed E-state index contributed by atoms with van der Waals surface area (Å²) in [5.41, 5.74) is 0. The van der Waals surface area contributed by atoms with E-state index >= 15 is 0 Å². The Morgan fingerprint density at radius 3 is 1.64 bits per heavy atom. The van der Waals surface area contributed by atoms with Gasteiger partial charge in [0, 0.05) is 0 Å². The van der Waals surface area contributed by atoms with Gasteiger partial charge in [0.25, 0.3) is 0 Å². The van der Waals surface area contributed by atoms with Gasteiger partial charge in [-0.3, -0.25) is 0 Å². The van der Waals surface area contributed by atoms with E-state index < -0.39 is 0 Å². The summed E-state index contributed by atoms with van der Waals surface area (Å²) >= 11 is 0. The first-order valence-corrected chi connectivity index (χ1v) is 10.1. The van der Waals surface area contributed by atoms with Gasteiger partial charge in [-0.25, -0.2) is 0 Å². The summed E-state index contributed by atoms with van der Waals surface area (Å²) in [4.78, 5) is 5.16. The van der Waals surface area contributed by atoms with E-state index in [1.54, 1.807) is 0 Å². The number of hydrogen-bond donors (Lipinski definition) is 0. The molecule has 2 saturated heterocycles. The summed E-state index contributed by atoms with van der Waals surface area (Å²) in [5, 5.41) is 0. The molecule has 0 radical (unpaired) electrons. The van der Waals surface area contributed by atoms with Gasteiger partial charge in [0.15, 0.2) is 0 Å². The Morgan fingerprint density at radius 1 is 0.727 bits per heavy atom. The van der Waals surface area contributed by atoms with Gasteiger partial charge < -0.3 is 9.80 Å². The van der Waals surface area contributed by atoms with Gasteiger partial charge in [-0.15, -0.1) is 0 Å². The van der Waals surface area contributed by atoms with Gasteiger partial charge in [-0.2, -0.15) is 0 Å². The van der Waals surface area contributed by atoms with E-state index in [-0.39, 0.29) is 0 Å². The quantitative estimate of drug-likeness (QED) is 0.676. The Morgan fingerprint density at radius 2 is 1.18 bits per heavy atom. The van der Waals surface area contributed by atoms with Crippen LogP contribution in [0.15, 0.2) is 0 Å². The topological polar surface area (TPSA) is 6.48 Å². The molecule has 0 aliphatic carbocycles. The lowest BCUT2D eigenvalue weighted by molar-refractivity contribution is 0.158. The summed E-state index contributed by atoms with van der Waals surface area (Å²) in [7, 11) is 2.25. The third-order valence-corrected chi connectivity index (χ3v) is 4.57. The molecule has 0 amide bonds. The standard InChI is InChI=1S/C14H28N2.3C2H6/c1-13-3-10-16(11-4-13)12-7-14-5-8-15(2)9-6-14;3*1-2/h13-14H,3-12H2,1-2H3;3*1-2H3. The number of piperidine rings is 2. The number of hydrogen-bond acceptors (Lipinski definition) is 2. The van der Waals surface area contributed by atoms with Crippen LogP contribution in [0, 0.1) is 11.8 Å². The van der Waals surface area contributed by atoms with E-state index in [9.17, 15) is 0 Å². The van der Waals surface area contributed by atoms with Crippen LogP contribution in [0.2, 0.25) is 0 Å². The molecule has 136 valence electrons. The monoisotopic (exact) mass is 314 g/mol. The largest absolute Gasteiger partial charge is 0.306 e. The SMILES string of the molecule is CC.CC.CC.CC1CCN(CCC2CCN(C)CC2)CC1. The average molecular weight is 315 g/mol. The van der Waals surface area contributed by atoms with E-state index in [1.165, 1.54) is 64.8 Å². The molecule has 0 bridgehead atoms. The molecule has 2 aliphatic heterocycles. The lowest BCUT2D eigenvalue weighted by atomic mass is 9.92. The van der Waals surface area contributed by atoms with Crippen LogP contribution in [0.3, 0.4) is 0 Å². The van der Waals surface area contributed by atoms with Crippen molar-refractivity contribution in [3.05, 3.63) is 0 Å².